The van der Waals surface area contributed by atoms with E-state index < -0.39 is 17.5 Å². The van der Waals surface area contributed by atoms with E-state index >= 15 is 0 Å². The summed E-state index contributed by atoms with van der Waals surface area (Å²) in [5.41, 5.74) is 11.1. The number of piperidine rings is 1. The number of ether oxygens (including phenoxy) is 3. The van der Waals surface area contributed by atoms with Crippen LogP contribution in [0.15, 0.2) is 35.8 Å². The molecule has 1 unspecified atom stereocenters. The number of aromatic nitrogens is 3. The number of fused-ring (bicyclic) bond motifs is 7. The Hall–Kier alpha value is -4.21. The molecule has 5 aliphatic rings. The van der Waals surface area contributed by atoms with E-state index in [0.717, 1.165) is 96.2 Å². The zero-order chi connectivity index (χ0) is 42.6. The first-order chi connectivity index (χ1) is 29.4. The van der Waals surface area contributed by atoms with Gasteiger partial charge in [0, 0.05) is 84.1 Å². The summed E-state index contributed by atoms with van der Waals surface area (Å²) < 4.78 is 20.5. The van der Waals surface area contributed by atoms with Gasteiger partial charge in [-0.05, 0) is 100 Å². The second-order valence-electron chi connectivity index (χ2n) is 18.8. The van der Waals surface area contributed by atoms with Crippen LogP contribution in [0.3, 0.4) is 0 Å². The number of thiazole rings is 1. The van der Waals surface area contributed by atoms with E-state index in [-0.39, 0.29) is 42.8 Å². The van der Waals surface area contributed by atoms with Gasteiger partial charge in [-0.2, -0.15) is 0 Å². The quantitative estimate of drug-likeness (QED) is 0.200. The summed E-state index contributed by atoms with van der Waals surface area (Å²) >= 11 is 1.50. The summed E-state index contributed by atoms with van der Waals surface area (Å²) in [6.07, 6.45) is 6.80. The van der Waals surface area contributed by atoms with Gasteiger partial charge in [-0.25, -0.2) is 10.4 Å². The molecule has 2 amide bonds. The Kier molecular flexibility index (Phi) is 11.8. The lowest BCUT2D eigenvalue weighted by molar-refractivity contribution is -0.155. The predicted molar refractivity (Wildman–Crippen MR) is 235 cm³/mol. The van der Waals surface area contributed by atoms with Crippen LogP contribution in [0.2, 0.25) is 0 Å². The molecule has 7 heterocycles. The van der Waals surface area contributed by atoms with Crippen LogP contribution in [0.4, 0.5) is 0 Å². The first-order valence-corrected chi connectivity index (χ1v) is 23.3. The van der Waals surface area contributed by atoms with Gasteiger partial charge in [0.05, 0.1) is 48.0 Å². The van der Waals surface area contributed by atoms with Crippen molar-refractivity contribution >= 4 is 40.0 Å². The van der Waals surface area contributed by atoms with Crippen molar-refractivity contribution in [2.24, 2.45) is 17.3 Å². The highest BCUT2D eigenvalue weighted by Gasteiger charge is 2.42. The van der Waals surface area contributed by atoms with Crippen molar-refractivity contribution in [3.05, 3.63) is 57.7 Å². The maximum Gasteiger partial charge on any atom is 0.324 e. The number of rotatable bonds is 7. The zero-order valence-corrected chi connectivity index (χ0v) is 37.3. The van der Waals surface area contributed by atoms with Crippen LogP contribution in [0.25, 0.3) is 33.4 Å². The molecule has 326 valence electrons. The minimum Gasteiger partial charge on any atom is -0.464 e. The summed E-state index contributed by atoms with van der Waals surface area (Å²) in [6.45, 7) is 15.6. The third-order valence-corrected chi connectivity index (χ3v) is 14.7. The molecule has 6 bridgehead atoms. The lowest BCUT2D eigenvalue weighted by Gasteiger charge is -2.42. The Bertz CT molecular complexity index is 2310. The SMILES string of the molecule is CCn1c(-c2cc(C3CCN4CCOC[C@@H]4C3)cnc2[C@H](C)OC)c2c3cc(ccc31)-c1csc(n1)C[C@H](NC(=O)[C@H]1C[C@@H]1C)C(=O)N1CCC[C@H](N1)C(=O)OCC(C)(C)C2. The Morgan fingerprint density at radius 2 is 1.98 bits per heavy atom. The van der Waals surface area contributed by atoms with Crippen LogP contribution in [0, 0.1) is 17.3 Å². The smallest absolute Gasteiger partial charge is 0.324 e. The van der Waals surface area contributed by atoms with Crippen molar-refractivity contribution in [2.75, 3.05) is 46.6 Å². The van der Waals surface area contributed by atoms with E-state index in [9.17, 15) is 14.4 Å². The Balaban J connectivity index is 1.16. The molecule has 4 aliphatic heterocycles. The number of nitrogens with one attached hydrogen (secondary N) is 2. The number of pyridine rings is 1. The topological polar surface area (TPSA) is 140 Å². The van der Waals surface area contributed by atoms with Gasteiger partial charge >= 0.3 is 5.97 Å². The van der Waals surface area contributed by atoms with Gasteiger partial charge < -0.3 is 24.1 Å². The molecule has 3 saturated heterocycles. The van der Waals surface area contributed by atoms with Gasteiger partial charge in [-0.15, -0.1) is 11.3 Å². The lowest BCUT2D eigenvalue weighted by Crippen LogP contribution is -2.60. The molecule has 3 aromatic heterocycles. The van der Waals surface area contributed by atoms with Crippen LogP contribution in [0.1, 0.15) is 101 Å². The maximum absolute atomic E-state index is 14.2. The molecule has 61 heavy (non-hydrogen) atoms. The molecule has 14 heteroatoms. The molecule has 1 aliphatic carbocycles. The number of methoxy groups -OCH3 is 1. The van der Waals surface area contributed by atoms with Crippen LogP contribution >= 0.6 is 11.3 Å². The maximum atomic E-state index is 14.2. The molecule has 0 radical (unpaired) electrons. The fourth-order valence-corrected chi connectivity index (χ4v) is 10.9. The lowest BCUT2D eigenvalue weighted by atomic mass is 9.82. The van der Waals surface area contributed by atoms with Crippen LogP contribution in [-0.4, -0.2) is 107 Å². The second kappa shape index (κ2) is 17.2. The molecule has 13 nitrogen and oxygen atoms in total. The summed E-state index contributed by atoms with van der Waals surface area (Å²) in [7, 11) is 1.74. The monoisotopic (exact) mass is 851 g/mol. The van der Waals surface area contributed by atoms with Crippen molar-refractivity contribution in [2.45, 2.75) is 116 Å². The van der Waals surface area contributed by atoms with E-state index in [0.29, 0.717) is 43.7 Å². The normalized spacial score (nSPS) is 27.5. The highest BCUT2D eigenvalue weighted by atomic mass is 32.1. The number of carbonyl (C=O) groups excluding carboxylic acids is 3. The van der Waals surface area contributed by atoms with Crippen LogP contribution in [-0.2, 0) is 48.0 Å². The molecule has 1 saturated carbocycles. The van der Waals surface area contributed by atoms with Crippen molar-refractivity contribution < 1.29 is 28.6 Å². The minimum absolute atomic E-state index is 0.0914. The Morgan fingerprint density at radius 1 is 1.15 bits per heavy atom. The molecule has 4 aromatic rings. The van der Waals surface area contributed by atoms with Crippen molar-refractivity contribution in [3.8, 4) is 22.5 Å². The number of morpholine rings is 1. The number of aryl methyl sites for hydroxylation is 1. The number of hydrazine groups is 1. The fourth-order valence-electron chi connectivity index (χ4n) is 10.1. The molecular formula is C47H61N7O6S. The number of nitrogens with zero attached hydrogens (tertiary/aromatic N) is 5. The number of hydrogen-bond donors (Lipinski definition) is 2. The van der Waals surface area contributed by atoms with Crippen LogP contribution < -0.4 is 10.7 Å². The van der Waals surface area contributed by atoms with Crippen molar-refractivity contribution in [1.82, 2.24) is 35.2 Å². The Labute approximate surface area is 362 Å². The number of hydrogen-bond acceptors (Lipinski definition) is 11. The number of benzene rings is 1. The predicted octanol–water partition coefficient (Wildman–Crippen LogP) is 6.44. The molecule has 4 fully saturated rings. The highest BCUT2D eigenvalue weighted by molar-refractivity contribution is 7.10. The highest BCUT2D eigenvalue weighted by Crippen LogP contribution is 2.44. The molecule has 1 aromatic carbocycles. The van der Waals surface area contributed by atoms with Crippen molar-refractivity contribution in [1.29, 1.82) is 0 Å². The van der Waals surface area contributed by atoms with Gasteiger partial charge in [0.1, 0.15) is 12.1 Å². The fraction of sp³-hybridized carbons (Fsp3) is 0.596. The molecule has 0 spiro atoms. The first-order valence-electron chi connectivity index (χ1n) is 22.4. The molecule has 2 N–H and O–H groups in total. The van der Waals surface area contributed by atoms with E-state index in [2.05, 4.69) is 90.7 Å². The van der Waals surface area contributed by atoms with Gasteiger partial charge in [-0.1, -0.05) is 26.8 Å². The van der Waals surface area contributed by atoms with Gasteiger partial charge in [0.2, 0.25) is 5.91 Å². The van der Waals surface area contributed by atoms with Crippen molar-refractivity contribution in [3.63, 3.8) is 0 Å². The van der Waals surface area contributed by atoms with Gasteiger partial charge in [0.15, 0.2) is 0 Å². The van der Waals surface area contributed by atoms with E-state index in [1.165, 1.54) is 27.5 Å². The first kappa shape index (κ1) is 42.1. The third kappa shape index (κ3) is 8.50. The number of esters is 1. The van der Waals surface area contributed by atoms with Gasteiger partial charge in [-0.3, -0.25) is 29.3 Å². The number of carbonyl (C=O) groups is 3. The average Bonchev–Trinajstić information content (AvgIpc) is 3.70. The zero-order valence-electron chi connectivity index (χ0n) is 36.5. The summed E-state index contributed by atoms with van der Waals surface area (Å²) in [6, 6.07) is 7.87. The molecule has 9 rings (SSSR count). The minimum atomic E-state index is -0.828. The summed E-state index contributed by atoms with van der Waals surface area (Å²) in [5.74, 6) is -0.198. The summed E-state index contributed by atoms with van der Waals surface area (Å²) in [5, 5.41) is 8.49. The average molecular weight is 852 g/mol. The van der Waals surface area contributed by atoms with Gasteiger partial charge in [0.25, 0.3) is 5.91 Å². The standard InChI is InChI=1S/C47H61N7O6S/c1-7-53-40-11-10-30-19-34(40)36(43(53)35-20-31(23-48-42(35)28(3)58-6)29-12-14-52-15-16-59-24-32(52)18-29)22-47(4,5)26-60-46(57)37-9-8-13-54(51-37)45(56)38(21-41-49-39(30)25-61-41)50-44(55)33-17-27(33)2/h10-11,19-20,23,25,27-29,32-33,37-38,51H,7-9,12-18,21-22,24,26H2,1-6H3,(H,50,55)/t27-,28-,29?,32-,33-,37-,38-/m0/s1. The van der Waals surface area contributed by atoms with Crippen LogP contribution in [0.5, 0.6) is 0 Å². The molecule has 7 atom stereocenters. The largest absolute Gasteiger partial charge is 0.464 e. The Morgan fingerprint density at radius 3 is 2.77 bits per heavy atom. The van der Waals surface area contributed by atoms with E-state index in [1.807, 2.05) is 0 Å². The molecular weight excluding hydrogens is 791 g/mol. The van der Waals surface area contributed by atoms with E-state index in [1.54, 1.807) is 7.11 Å². The third-order valence-electron chi connectivity index (χ3n) is 13.8. The van der Waals surface area contributed by atoms with E-state index in [4.69, 9.17) is 24.2 Å². The summed E-state index contributed by atoms with van der Waals surface area (Å²) in [4.78, 5) is 54.2. The number of amides is 2. The number of cyclic esters (lactones) is 1. The second-order valence-corrected chi connectivity index (χ2v) is 19.8.